The molecule has 156 valence electrons. The molecule has 3 heteroatoms. The molecule has 1 heterocycles. The zero-order valence-corrected chi connectivity index (χ0v) is 16.1. The van der Waals surface area contributed by atoms with Crippen molar-refractivity contribution in [1.29, 1.82) is 0 Å². The summed E-state index contributed by atoms with van der Waals surface area (Å²) in [6, 6.07) is -12.4. The summed E-state index contributed by atoms with van der Waals surface area (Å²) < 4.78 is 177. The van der Waals surface area contributed by atoms with Crippen LogP contribution in [-0.4, -0.2) is 54.0 Å². The lowest BCUT2D eigenvalue weighted by Gasteiger charge is -2.26. The first-order valence-corrected chi connectivity index (χ1v) is 9.32. The molecule has 0 aliphatic carbocycles. The lowest BCUT2D eigenvalue weighted by atomic mass is 10.2. The summed E-state index contributed by atoms with van der Waals surface area (Å²) >= 11 is 0. The Morgan fingerprint density at radius 3 is 0.933 bits per heavy atom. The highest BCUT2D eigenvalue weighted by molar-refractivity contribution is 5.16. The fourth-order valence-corrected chi connectivity index (χ4v) is 2.79. The van der Waals surface area contributed by atoms with Crippen LogP contribution in [0.1, 0.15) is 45.5 Å². The molecule has 0 N–H and O–H groups in total. The van der Waals surface area contributed by atoms with Gasteiger partial charge in [-0.2, -0.15) is 0 Å². The molecule has 4 rings (SSSR count). The maximum absolute atomic E-state index is 9.05. The van der Waals surface area contributed by atoms with Gasteiger partial charge in [-0.15, -0.1) is 0 Å². The minimum atomic E-state index is -2.89. The molecule has 1 aliphatic rings. The average molecular weight is 421 g/mol. The molecule has 3 aromatic carbocycles. The summed E-state index contributed by atoms with van der Waals surface area (Å²) in [6.07, 6.45) is 0. The molecule has 0 atom stereocenters. The highest BCUT2D eigenvalue weighted by Gasteiger charge is 2.17. The van der Waals surface area contributed by atoms with Crippen molar-refractivity contribution >= 4 is 0 Å². The van der Waals surface area contributed by atoms with Crippen molar-refractivity contribution in [3.63, 3.8) is 0 Å². The van der Waals surface area contributed by atoms with Crippen LogP contribution in [0, 0.1) is 0 Å². The van der Waals surface area contributed by atoms with Crippen molar-refractivity contribution in [2.24, 2.45) is 0 Å². The molecule has 0 amide bonds. The molecule has 30 heavy (non-hydrogen) atoms. The van der Waals surface area contributed by atoms with E-state index in [1.807, 2.05) is 0 Å². The number of rotatable bonds is 6. The molecule has 3 nitrogen and oxygen atoms in total. The summed E-state index contributed by atoms with van der Waals surface area (Å²) in [5.74, 6) is 0. The molecule has 0 saturated carbocycles. The van der Waals surface area contributed by atoms with E-state index in [9.17, 15) is 0 Å². The van der Waals surface area contributed by atoms with Crippen molar-refractivity contribution in [2.75, 3.05) is 39.3 Å². The standard InChI is InChI=1S/C27H33N3/c1-4-10-25(11-5-1)22-28-16-18-29(23-26-12-6-2-7-13-26)20-21-30(19-17-28)24-27-14-8-3-9-15-27/h1-15H,16-24H2/i1D,2D,3D,4D,5D,6D,7D,8D,9D,10D,11D,12D,13D,14D,15D,22D2,23D2,24D2. The Labute approximate surface area is 211 Å². The molecule has 1 fully saturated rings. The van der Waals surface area contributed by atoms with Crippen molar-refractivity contribution in [1.82, 2.24) is 14.7 Å². The van der Waals surface area contributed by atoms with Gasteiger partial charge in [0.2, 0.25) is 0 Å². The number of benzene rings is 3. The summed E-state index contributed by atoms with van der Waals surface area (Å²) in [5, 5.41) is 0. The van der Waals surface area contributed by atoms with Crippen molar-refractivity contribution in [2.45, 2.75) is 19.5 Å². The van der Waals surface area contributed by atoms with E-state index in [1.165, 1.54) is 0 Å². The van der Waals surface area contributed by atoms with Gasteiger partial charge in [0, 0.05) is 67.0 Å². The molecule has 0 bridgehead atoms. The quantitative estimate of drug-likeness (QED) is 0.581. The van der Waals surface area contributed by atoms with Gasteiger partial charge in [-0.3, -0.25) is 14.7 Å². The second-order valence-corrected chi connectivity index (χ2v) is 6.30. The van der Waals surface area contributed by atoms with Gasteiger partial charge in [0.15, 0.2) is 0 Å². The minimum Gasteiger partial charge on any atom is -0.297 e. The Morgan fingerprint density at radius 1 is 0.467 bits per heavy atom. The van der Waals surface area contributed by atoms with E-state index in [0.29, 0.717) is 0 Å². The maximum atomic E-state index is 9.05. The summed E-state index contributed by atoms with van der Waals surface area (Å²) in [6.45, 7) is -11.4. The van der Waals surface area contributed by atoms with Crippen LogP contribution in [0.4, 0.5) is 0 Å². The predicted octanol–water partition coefficient (Wildman–Crippen LogP) is 4.51. The van der Waals surface area contributed by atoms with Gasteiger partial charge < -0.3 is 0 Å². The second kappa shape index (κ2) is 11.1. The van der Waals surface area contributed by atoms with Gasteiger partial charge in [0.25, 0.3) is 0 Å². The van der Waals surface area contributed by atoms with Crippen molar-refractivity contribution < 1.29 is 28.8 Å². The van der Waals surface area contributed by atoms with Gasteiger partial charge in [-0.05, 0) is 16.7 Å². The highest BCUT2D eigenvalue weighted by Crippen LogP contribution is 2.12. The molecule has 3 aromatic rings. The Balaban J connectivity index is 1.93. The van der Waals surface area contributed by atoms with E-state index < -0.39 is 166 Å². The van der Waals surface area contributed by atoms with Crippen LogP contribution in [0.25, 0.3) is 0 Å². The maximum Gasteiger partial charge on any atom is 0.0626 e. The molecule has 0 aromatic heterocycles. The van der Waals surface area contributed by atoms with Crippen LogP contribution in [0.3, 0.4) is 0 Å². The second-order valence-electron chi connectivity index (χ2n) is 6.30. The zero-order valence-electron chi connectivity index (χ0n) is 37.1. The summed E-state index contributed by atoms with van der Waals surface area (Å²) in [7, 11) is 0. The number of nitrogens with zero attached hydrogens (tertiary/aromatic N) is 3. The van der Waals surface area contributed by atoms with E-state index in [0.717, 1.165) is 14.7 Å². The van der Waals surface area contributed by atoms with Crippen LogP contribution in [0.2, 0.25) is 0 Å². The molecular weight excluding hydrogens is 366 g/mol. The van der Waals surface area contributed by atoms with Gasteiger partial charge >= 0.3 is 0 Å². The third kappa shape index (κ3) is 6.53. The SMILES string of the molecule is [2H]c1c([2H])c([2H])c(C([2H])([2H])N2CCN(C([2H])([2H])c3c([2H])c([2H])c([2H])c([2H])c3[2H])CCN(C([2H])([2H])c3c([2H])c([2H])c([2H])c([2H])c3[2H])CC2)c([2H])c1[2H]. The number of hydrogen-bond donors (Lipinski definition) is 0. The normalized spacial score (nSPS) is 28.6. The van der Waals surface area contributed by atoms with Gasteiger partial charge in [0.1, 0.15) is 0 Å². The van der Waals surface area contributed by atoms with Crippen LogP contribution in [-0.2, 0) is 19.5 Å². The van der Waals surface area contributed by atoms with Crippen LogP contribution >= 0.6 is 0 Å². The average Bonchev–Trinajstić information content (AvgIpc) is 3.18. The molecule has 0 spiro atoms. The smallest absolute Gasteiger partial charge is 0.0626 e. The molecule has 1 saturated heterocycles. The molecule has 0 radical (unpaired) electrons. The topological polar surface area (TPSA) is 9.72 Å². The first-order chi connectivity index (χ1) is 23.3. The van der Waals surface area contributed by atoms with Crippen LogP contribution in [0.5, 0.6) is 0 Å². The molecule has 1 aliphatic heterocycles. The monoisotopic (exact) mass is 420 g/mol. The lowest BCUT2D eigenvalue weighted by molar-refractivity contribution is 0.209. The fourth-order valence-electron chi connectivity index (χ4n) is 2.79. The van der Waals surface area contributed by atoms with Crippen LogP contribution in [0.15, 0.2) is 90.6 Å². The van der Waals surface area contributed by atoms with E-state index in [-0.39, 0.29) is 0 Å². The van der Waals surface area contributed by atoms with E-state index in [4.69, 9.17) is 28.8 Å². The Morgan fingerprint density at radius 2 is 0.700 bits per heavy atom. The Hall–Kier alpha value is -2.46. The van der Waals surface area contributed by atoms with Gasteiger partial charge in [-0.25, -0.2) is 0 Å². The Kier molecular flexibility index (Phi) is 2.70. The molecule has 0 unspecified atom stereocenters. The highest BCUT2D eigenvalue weighted by atomic mass is 15.3. The number of hydrogen-bond acceptors (Lipinski definition) is 3. The third-order valence-corrected chi connectivity index (χ3v) is 4.23. The predicted molar refractivity (Wildman–Crippen MR) is 125 cm³/mol. The van der Waals surface area contributed by atoms with Gasteiger partial charge in [-0.1, -0.05) is 90.6 Å². The minimum absolute atomic E-state index is 0.459. The van der Waals surface area contributed by atoms with E-state index >= 15 is 0 Å². The first kappa shape index (κ1) is 7.30. The third-order valence-electron chi connectivity index (χ3n) is 4.23. The first-order valence-electron chi connectivity index (χ1n) is 19.8. The van der Waals surface area contributed by atoms with Gasteiger partial charge in [0.05, 0.1) is 20.6 Å². The fraction of sp³-hybridized carbons (Fsp3) is 0.333. The lowest BCUT2D eigenvalue weighted by Crippen LogP contribution is -2.35. The Bertz CT molecular complexity index is 1570. The summed E-state index contributed by atoms with van der Waals surface area (Å²) in [5.41, 5.74) is -2.27. The van der Waals surface area contributed by atoms with Crippen molar-refractivity contribution in [3.05, 3.63) is 107 Å². The van der Waals surface area contributed by atoms with E-state index in [1.54, 1.807) is 0 Å². The zero-order chi connectivity index (χ0) is 38.9. The van der Waals surface area contributed by atoms with Crippen LogP contribution < -0.4 is 0 Å². The van der Waals surface area contributed by atoms with Crippen molar-refractivity contribution in [3.8, 4) is 0 Å². The van der Waals surface area contributed by atoms with E-state index in [2.05, 4.69) is 0 Å². The molecular formula is C27H33N3. The largest absolute Gasteiger partial charge is 0.297 e. The summed E-state index contributed by atoms with van der Waals surface area (Å²) in [4.78, 5) is 2.92.